The number of pyridine rings is 1. The maximum absolute atomic E-state index is 12.6. The molecule has 0 atom stereocenters. The Morgan fingerprint density at radius 3 is 2.91 bits per heavy atom. The molecule has 0 radical (unpaired) electrons. The van der Waals surface area contributed by atoms with Gasteiger partial charge in [0.25, 0.3) is 0 Å². The fraction of sp³-hybridized carbons (Fsp3) is 0.353. The van der Waals surface area contributed by atoms with Crippen LogP contribution in [-0.4, -0.2) is 46.2 Å². The largest absolute Gasteiger partial charge is 0.383 e. The van der Waals surface area contributed by atoms with E-state index in [1.165, 1.54) is 0 Å². The molecule has 1 N–H and O–H groups in total. The highest BCUT2D eigenvalue weighted by molar-refractivity contribution is 5.79. The van der Waals surface area contributed by atoms with Crippen molar-refractivity contribution in [2.75, 3.05) is 19.6 Å². The van der Waals surface area contributed by atoms with Crippen molar-refractivity contribution in [2.24, 2.45) is 0 Å². The fourth-order valence-electron chi connectivity index (χ4n) is 2.81. The van der Waals surface area contributed by atoms with Crippen LogP contribution in [0.4, 0.5) is 0 Å². The van der Waals surface area contributed by atoms with Gasteiger partial charge in [-0.1, -0.05) is 11.6 Å². The van der Waals surface area contributed by atoms with E-state index in [9.17, 15) is 9.59 Å². The van der Waals surface area contributed by atoms with E-state index in [-0.39, 0.29) is 11.3 Å². The summed E-state index contributed by atoms with van der Waals surface area (Å²) in [5.41, 5.74) is 2.81. The third kappa shape index (κ3) is 2.85. The van der Waals surface area contributed by atoms with Crippen molar-refractivity contribution in [3.8, 4) is 0 Å². The summed E-state index contributed by atoms with van der Waals surface area (Å²) >= 11 is 0. The zero-order chi connectivity index (χ0) is 15.7. The van der Waals surface area contributed by atoms with Gasteiger partial charge in [0.05, 0.1) is 20.0 Å². The highest BCUT2D eigenvalue weighted by Crippen LogP contribution is 2.11. The van der Waals surface area contributed by atoms with Crippen molar-refractivity contribution >= 4 is 23.0 Å². The monoisotopic (exact) mass is 298 g/mol. The Morgan fingerprint density at radius 1 is 1.41 bits per heavy atom. The van der Waals surface area contributed by atoms with E-state index < -0.39 is 0 Å². The summed E-state index contributed by atoms with van der Waals surface area (Å²) in [6.45, 7) is 6.30. The molecule has 2 aromatic rings. The summed E-state index contributed by atoms with van der Waals surface area (Å²) < 4.78 is 1.73. The highest BCUT2D eigenvalue weighted by Gasteiger charge is 2.20. The Balaban J connectivity index is 1.85. The second-order valence-electron chi connectivity index (χ2n) is 5.82. The zero-order valence-corrected chi connectivity index (χ0v) is 12.9. The number of benzene rings is 1. The molecule has 1 aromatic carbocycles. The molecule has 0 spiro atoms. The van der Waals surface area contributed by atoms with Crippen LogP contribution in [0.5, 0.6) is 0 Å². The second kappa shape index (κ2) is 5.85. The summed E-state index contributed by atoms with van der Waals surface area (Å²) in [5, 5.41) is 0.740. The molecular formula is C17H20N3O2+. The minimum absolute atomic E-state index is 0.0682. The molecule has 1 aromatic heterocycles. The second-order valence-corrected chi connectivity index (χ2v) is 5.82. The van der Waals surface area contributed by atoms with Gasteiger partial charge >= 0.3 is 5.91 Å². The van der Waals surface area contributed by atoms with Gasteiger partial charge in [-0.25, -0.2) is 4.79 Å². The first-order valence-electron chi connectivity index (χ1n) is 7.48. The first kappa shape index (κ1) is 14.7. The molecule has 0 saturated carbocycles. The Morgan fingerprint density at radius 2 is 2.23 bits per heavy atom. The average Bonchev–Trinajstić information content (AvgIpc) is 2.51. The molecule has 0 fully saturated rings. The lowest BCUT2D eigenvalue weighted by Crippen LogP contribution is -2.41. The lowest BCUT2D eigenvalue weighted by molar-refractivity contribution is -0.450. The Bertz CT molecular complexity index is 820. The Labute approximate surface area is 128 Å². The van der Waals surface area contributed by atoms with Gasteiger partial charge in [0, 0.05) is 29.2 Å². The van der Waals surface area contributed by atoms with Crippen molar-refractivity contribution in [1.29, 1.82) is 0 Å². The summed E-state index contributed by atoms with van der Waals surface area (Å²) in [6.07, 6.45) is 3.70. The smallest absolute Gasteiger partial charge is 0.361 e. The van der Waals surface area contributed by atoms with E-state index in [0.717, 1.165) is 28.6 Å². The van der Waals surface area contributed by atoms with E-state index in [0.29, 0.717) is 19.6 Å². The van der Waals surface area contributed by atoms with Gasteiger partial charge in [-0.15, -0.1) is 0 Å². The van der Waals surface area contributed by atoms with Gasteiger partial charge in [-0.2, -0.15) is 4.58 Å². The molecule has 5 nitrogen and oxygen atoms in total. The number of carbonyl (C=O) groups excluding carboxylic acids is 1. The van der Waals surface area contributed by atoms with Crippen LogP contribution in [-0.2, 0) is 11.3 Å². The van der Waals surface area contributed by atoms with Gasteiger partial charge in [0.2, 0.25) is 0 Å². The minimum Gasteiger partial charge on any atom is -0.361 e. The van der Waals surface area contributed by atoms with E-state index >= 15 is 0 Å². The van der Waals surface area contributed by atoms with Crippen molar-refractivity contribution in [2.45, 2.75) is 20.4 Å². The lowest BCUT2D eigenvalue weighted by atomic mass is 10.1. The molecule has 1 amide bonds. The van der Waals surface area contributed by atoms with E-state index in [1.54, 1.807) is 17.7 Å². The van der Waals surface area contributed by atoms with Gasteiger partial charge in [0.1, 0.15) is 0 Å². The molecular weight excluding hydrogens is 278 g/mol. The predicted molar refractivity (Wildman–Crippen MR) is 86.5 cm³/mol. The van der Waals surface area contributed by atoms with E-state index in [1.807, 2.05) is 31.3 Å². The molecule has 1 aliphatic rings. The maximum Gasteiger partial charge on any atom is 0.383 e. The van der Waals surface area contributed by atoms with Gasteiger partial charge in [-0.05, 0) is 19.1 Å². The number of hydrogen-bond acceptors (Lipinski definition) is 3. The highest BCUT2D eigenvalue weighted by atomic mass is 16.2. The van der Waals surface area contributed by atoms with Crippen LogP contribution in [0, 0.1) is 6.92 Å². The molecule has 1 aliphatic heterocycles. The van der Waals surface area contributed by atoms with Crippen LogP contribution < -0.4 is 5.43 Å². The molecule has 3 rings (SSSR count). The molecule has 5 heteroatoms. The van der Waals surface area contributed by atoms with Gasteiger partial charge in [-0.3, -0.25) is 9.69 Å². The standard InChI is InChI=1S/C17H19N3O2/c1-12-3-4-16-15(9-12)17(22)14(10-18-16)11-19-5-7-20(8-6-19)13(2)21/h3-4,7,9-10H,5-6,8,11H2,1-2H3/p+1. The number of hydrogen-bond donors (Lipinski definition) is 1. The molecule has 114 valence electrons. The van der Waals surface area contributed by atoms with Crippen LogP contribution in [0.15, 0.2) is 29.2 Å². The fourth-order valence-corrected chi connectivity index (χ4v) is 2.81. The molecule has 0 bridgehead atoms. The topological polar surface area (TPSA) is 56.2 Å². The number of amides is 1. The van der Waals surface area contributed by atoms with Crippen LogP contribution in [0.25, 0.3) is 10.9 Å². The normalized spacial score (nSPS) is 15.8. The SMILES string of the molecule is CC(=O)[N+]1=CCN(Cc2c[nH]c3ccc(C)cc3c2=O)CC1. The number of nitrogens with zero attached hydrogens (tertiary/aromatic N) is 2. The third-order valence-electron chi connectivity index (χ3n) is 4.13. The Kier molecular flexibility index (Phi) is 3.90. The first-order valence-corrected chi connectivity index (χ1v) is 7.48. The molecule has 22 heavy (non-hydrogen) atoms. The average molecular weight is 298 g/mol. The van der Waals surface area contributed by atoms with Crippen LogP contribution in [0.2, 0.25) is 0 Å². The van der Waals surface area contributed by atoms with E-state index in [4.69, 9.17) is 0 Å². The number of rotatable bonds is 2. The predicted octanol–water partition coefficient (Wildman–Crippen LogP) is 1.28. The van der Waals surface area contributed by atoms with Crippen LogP contribution in [0.1, 0.15) is 18.1 Å². The number of fused-ring (bicyclic) bond motifs is 1. The summed E-state index contributed by atoms with van der Waals surface area (Å²) in [4.78, 5) is 29.3. The van der Waals surface area contributed by atoms with Crippen molar-refractivity contribution in [3.05, 3.63) is 45.7 Å². The van der Waals surface area contributed by atoms with Crippen LogP contribution in [0.3, 0.4) is 0 Å². The molecule has 2 heterocycles. The number of H-pyrrole nitrogens is 1. The van der Waals surface area contributed by atoms with Gasteiger partial charge < -0.3 is 4.98 Å². The van der Waals surface area contributed by atoms with Crippen molar-refractivity contribution < 1.29 is 9.37 Å². The van der Waals surface area contributed by atoms with E-state index in [2.05, 4.69) is 9.88 Å². The number of aromatic amines is 1. The third-order valence-corrected chi connectivity index (χ3v) is 4.13. The van der Waals surface area contributed by atoms with Crippen molar-refractivity contribution in [3.63, 3.8) is 0 Å². The lowest BCUT2D eigenvalue weighted by Gasteiger charge is -2.21. The summed E-state index contributed by atoms with van der Waals surface area (Å²) in [7, 11) is 0. The van der Waals surface area contributed by atoms with Gasteiger partial charge in [0.15, 0.2) is 18.2 Å². The first-order chi connectivity index (χ1) is 10.5. The summed E-state index contributed by atoms with van der Waals surface area (Å²) in [5.74, 6) is 0.0682. The summed E-state index contributed by atoms with van der Waals surface area (Å²) in [6, 6.07) is 5.86. The number of carbonyl (C=O) groups is 1. The minimum atomic E-state index is 0.0682. The number of aryl methyl sites for hydroxylation is 1. The molecule has 0 aliphatic carbocycles. The quantitative estimate of drug-likeness (QED) is 0.850. The number of nitrogens with one attached hydrogen (secondary N) is 1. The number of aromatic nitrogens is 1. The maximum atomic E-state index is 12.6. The van der Waals surface area contributed by atoms with Crippen molar-refractivity contribution in [1.82, 2.24) is 9.88 Å². The molecule has 0 unspecified atom stereocenters. The molecule has 0 saturated heterocycles. The Hall–Kier alpha value is -2.27. The van der Waals surface area contributed by atoms with Crippen LogP contribution >= 0.6 is 0 Å². The zero-order valence-electron chi connectivity index (χ0n) is 12.9.